The highest BCUT2D eigenvalue weighted by molar-refractivity contribution is 5.72. The minimum Gasteiger partial charge on any atom is -0.312 e. The molecule has 0 unspecified atom stereocenters. The zero-order valence-corrected chi connectivity index (χ0v) is 5.90. The van der Waals surface area contributed by atoms with Crippen molar-refractivity contribution in [1.82, 2.24) is 9.78 Å². The molecule has 1 aromatic heterocycles. The van der Waals surface area contributed by atoms with Gasteiger partial charge < -0.3 is 5.32 Å². The summed E-state index contributed by atoms with van der Waals surface area (Å²) in [5.41, 5.74) is 0.361. The monoisotopic (exact) mass is 150 g/mol. The van der Waals surface area contributed by atoms with Crippen molar-refractivity contribution in [3.8, 4) is 6.07 Å². The van der Waals surface area contributed by atoms with Gasteiger partial charge in [-0.1, -0.05) is 0 Å². The number of hydrogen-bond donors (Lipinski definition) is 1. The second-order valence-corrected chi connectivity index (χ2v) is 1.90. The summed E-state index contributed by atoms with van der Waals surface area (Å²) in [5, 5.41) is 14.7. The van der Waals surface area contributed by atoms with Gasteiger partial charge in [0.1, 0.15) is 17.5 Å². The van der Waals surface area contributed by atoms with Gasteiger partial charge in [0.2, 0.25) is 6.41 Å². The molecule has 5 heteroatoms. The zero-order valence-electron chi connectivity index (χ0n) is 5.90. The van der Waals surface area contributed by atoms with Gasteiger partial charge >= 0.3 is 0 Å². The van der Waals surface area contributed by atoms with Crippen molar-refractivity contribution in [3.05, 3.63) is 11.8 Å². The molecule has 1 rings (SSSR count). The maximum absolute atomic E-state index is 10.0. The Kier molecular flexibility index (Phi) is 1.88. The first kappa shape index (κ1) is 7.28. The van der Waals surface area contributed by atoms with E-state index < -0.39 is 0 Å². The molecule has 0 radical (unpaired) electrons. The summed E-state index contributed by atoms with van der Waals surface area (Å²) in [7, 11) is 1.65. The van der Waals surface area contributed by atoms with Crippen LogP contribution in [0.3, 0.4) is 0 Å². The Morgan fingerprint density at radius 3 is 3.18 bits per heavy atom. The van der Waals surface area contributed by atoms with Gasteiger partial charge in [-0.2, -0.15) is 10.4 Å². The van der Waals surface area contributed by atoms with Crippen LogP contribution in [0.5, 0.6) is 0 Å². The number of aryl methyl sites for hydroxylation is 1. The van der Waals surface area contributed by atoms with E-state index in [4.69, 9.17) is 5.26 Å². The van der Waals surface area contributed by atoms with Gasteiger partial charge in [0.15, 0.2) is 0 Å². The van der Waals surface area contributed by atoms with Crippen LogP contribution in [0.25, 0.3) is 0 Å². The molecule has 1 heterocycles. The van der Waals surface area contributed by atoms with Crippen LogP contribution in [0.15, 0.2) is 6.20 Å². The average molecular weight is 150 g/mol. The van der Waals surface area contributed by atoms with Gasteiger partial charge in [-0.05, 0) is 0 Å². The normalized spacial score (nSPS) is 8.73. The SMILES string of the molecule is Cn1ncc(C#N)c1NC=O. The second-order valence-electron chi connectivity index (χ2n) is 1.90. The third-order valence-electron chi connectivity index (χ3n) is 1.25. The van der Waals surface area contributed by atoms with Gasteiger partial charge in [0.05, 0.1) is 6.20 Å². The van der Waals surface area contributed by atoms with Crippen LogP contribution in [-0.4, -0.2) is 16.2 Å². The Morgan fingerprint density at radius 1 is 1.91 bits per heavy atom. The minimum atomic E-state index is 0.361. The zero-order chi connectivity index (χ0) is 8.27. The quantitative estimate of drug-likeness (QED) is 0.596. The molecule has 0 saturated carbocycles. The molecule has 0 atom stereocenters. The van der Waals surface area contributed by atoms with Crippen LogP contribution in [0.1, 0.15) is 5.56 Å². The molecule has 56 valence electrons. The van der Waals surface area contributed by atoms with Crippen molar-refractivity contribution in [2.75, 3.05) is 5.32 Å². The molecule has 0 aliphatic heterocycles. The number of nitrogens with one attached hydrogen (secondary N) is 1. The van der Waals surface area contributed by atoms with E-state index in [0.29, 0.717) is 17.8 Å². The molecule has 0 saturated heterocycles. The van der Waals surface area contributed by atoms with Crippen LogP contribution in [-0.2, 0) is 11.8 Å². The number of aromatic nitrogens is 2. The lowest BCUT2D eigenvalue weighted by Crippen LogP contribution is -2.02. The fraction of sp³-hybridized carbons (Fsp3) is 0.167. The van der Waals surface area contributed by atoms with E-state index in [1.165, 1.54) is 10.9 Å². The number of hydrogen-bond acceptors (Lipinski definition) is 3. The standard InChI is InChI=1S/C6H6N4O/c1-10-6(8-4-11)5(2-7)3-9-10/h3-4H,1H3,(H,8,11). The maximum Gasteiger partial charge on any atom is 0.212 e. The summed E-state index contributed by atoms with van der Waals surface area (Å²) in [4.78, 5) is 10.0. The molecule has 1 N–H and O–H groups in total. The molecule has 0 aromatic carbocycles. The van der Waals surface area contributed by atoms with Crippen molar-refractivity contribution in [2.45, 2.75) is 0 Å². The second kappa shape index (κ2) is 2.84. The fourth-order valence-corrected chi connectivity index (χ4v) is 0.746. The largest absolute Gasteiger partial charge is 0.312 e. The van der Waals surface area contributed by atoms with E-state index in [-0.39, 0.29) is 0 Å². The Bertz CT molecular complexity index is 309. The van der Waals surface area contributed by atoms with Crippen LogP contribution in [0.4, 0.5) is 5.82 Å². The highest BCUT2D eigenvalue weighted by Gasteiger charge is 2.05. The Labute approximate surface area is 63.2 Å². The van der Waals surface area contributed by atoms with Crippen molar-refractivity contribution >= 4 is 12.2 Å². The van der Waals surface area contributed by atoms with Crippen LogP contribution >= 0.6 is 0 Å². The van der Waals surface area contributed by atoms with E-state index in [9.17, 15) is 4.79 Å². The first-order valence-electron chi connectivity index (χ1n) is 2.92. The summed E-state index contributed by atoms with van der Waals surface area (Å²) in [6.45, 7) is 0. The molecule has 1 aromatic rings. The first-order chi connectivity index (χ1) is 5.29. The number of carbonyl (C=O) groups is 1. The molecular weight excluding hydrogens is 144 g/mol. The van der Waals surface area contributed by atoms with Crippen molar-refractivity contribution < 1.29 is 4.79 Å². The minimum absolute atomic E-state index is 0.361. The smallest absolute Gasteiger partial charge is 0.212 e. The Balaban J connectivity index is 3.09. The van der Waals surface area contributed by atoms with Gasteiger partial charge in [-0.3, -0.25) is 9.48 Å². The molecule has 1 amide bonds. The molecular formula is C6H6N4O. The van der Waals surface area contributed by atoms with Crippen LogP contribution in [0.2, 0.25) is 0 Å². The van der Waals surface area contributed by atoms with Gasteiger partial charge in [0.25, 0.3) is 0 Å². The summed E-state index contributed by atoms with van der Waals surface area (Å²) >= 11 is 0. The molecule has 5 nitrogen and oxygen atoms in total. The molecule has 11 heavy (non-hydrogen) atoms. The summed E-state index contributed by atoms with van der Waals surface area (Å²) < 4.78 is 1.42. The number of nitriles is 1. The predicted molar refractivity (Wildman–Crippen MR) is 37.6 cm³/mol. The molecule has 0 aliphatic carbocycles. The lowest BCUT2D eigenvalue weighted by atomic mass is 10.4. The van der Waals surface area contributed by atoms with E-state index in [0.717, 1.165) is 0 Å². The molecule has 0 aliphatic rings. The maximum atomic E-state index is 10.0. The highest BCUT2D eigenvalue weighted by Crippen LogP contribution is 2.10. The molecule has 0 bridgehead atoms. The van der Waals surface area contributed by atoms with Gasteiger partial charge in [-0.15, -0.1) is 0 Å². The lowest BCUT2D eigenvalue weighted by Gasteiger charge is -1.97. The van der Waals surface area contributed by atoms with Gasteiger partial charge in [-0.25, -0.2) is 0 Å². The summed E-state index contributed by atoms with van der Waals surface area (Å²) in [6.07, 6.45) is 1.91. The Hall–Kier alpha value is -1.83. The third-order valence-corrected chi connectivity index (χ3v) is 1.25. The van der Waals surface area contributed by atoms with Crippen molar-refractivity contribution in [1.29, 1.82) is 5.26 Å². The molecule has 0 spiro atoms. The van der Waals surface area contributed by atoms with E-state index in [1.807, 2.05) is 6.07 Å². The van der Waals surface area contributed by atoms with Crippen LogP contribution in [0, 0.1) is 11.3 Å². The van der Waals surface area contributed by atoms with E-state index in [1.54, 1.807) is 7.05 Å². The van der Waals surface area contributed by atoms with E-state index in [2.05, 4.69) is 10.4 Å². The van der Waals surface area contributed by atoms with Crippen molar-refractivity contribution in [2.24, 2.45) is 7.05 Å². The topological polar surface area (TPSA) is 70.7 Å². The number of amides is 1. The van der Waals surface area contributed by atoms with Crippen molar-refractivity contribution in [3.63, 3.8) is 0 Å². The van der Waals surface area contributed by atoms with Crippen LogP contribution < -0.4 is 5.32 Å². The number of carbonyl (C=O) groups excluding carboxylic acids is 1. The Morgan fingerprint density at radius 2 is 2.64 bits per heavy atom. The fourth-order valence-electron chi connectivity index (χ4n) is 0.746. The lowest BCUT2D eigenvalue weighted by molar-refractivity contribution is -0.105. The highest BCUT2D eigenvalue weighted by atomic mass is 16.1. The average Bonchev–Trinajstić information content (AvgIpc) is 2.34. The number of anilines is 1. The third kappa shape index (κ3) is 1.19. The predicted octanol–water partition coefficient (Wildman–Crippen LogP) is -0.140. The number of nitrogens with zero attached hydrogens (tertiary/aromatic N) is 3. The van der Waals surface area contributed by atoms with Gasteiger partial charge in [0, 0.05) is 7.05 Å². The van der Waals surface area contributed by atoms with E-state index >= 15 is 0 Å². The summed E-state index contributed by atoms with van der Waals surface area (Å²) in [5.74, 6) is 0.419. The number of rotatable bonds is 2. The first-order valence-corrected chi connectivity index (χ1v) is 2.92. The summed E-state index contributed by atoms with van der Waals surface area (Å²) in [6, 6.07) is 1.90. The molecule has 0 fully saturated rings.